The highest BCUT2D eigenvalue weighted by molar-refractivity contribution is 5.85. The summed E-state index contributed by atoms with van der Waals surface area (Å²) in [5, 5.41) is 0. The van der Waals surface area contributed by atoms with Crippen molar-refractivity contribution in [1.82, 2.24) is 0 Å². The molecule has 1 aliphatic heterocycles. The van der Waals surface area contributed by atoms with Gasteiger partial charge in [-0.1, -0.05) is 6.58 Å². The van der Waals surface area contributed by atoms with E-state index in [0.29, 0.717) is 6.61 Å². The third-order valence-corrected chi connectivity index (χ3v) is 1.28. The number of hydrogen-bond acceptors (Lipinski definition) is 2. The molecular formula is C7H8O2. The number of cyclic esters (lactones) is 1. The first-order chi connectivity index (χ1) is 4.20. The third kappa shape index (κ3) is 1.19. The van der Waals surface area contributed by atoms with Gasteiger partial charge >= 0.3 is 5.97 Å². The first kappa shape index (κ1) is 6.08. The minimum atomic E-state index is -0.264. The van der Waals surface area contributed by atoms with E-state index in [1.165, 1.54) is 6.08 Å². The van der Waals surface area contributed by atoms with Crippen molar-refractivity contribution in [1.29, 1.82) is 0 Å². The normalized spacial score (nSPS) is 19.0. The fourth-order valence-electron chi connectivity index (χ4n) is 0.593. The number of carbonyl (C=O) groups is 1. The van der Waals surface area contributed by atoms with E-state index in [4.69, 9.17) is 0 Å². The van der Waals surface area contributed by atoms with Crippen LogP contribution in [0.4, 0.5) is 0 Å². The first-order valence-corrected chi connectivity index (χ1v) is 2.73. The Morgan fingerprint density at radius 3 is 2.89 bits per heavy atom. The lowest BCUT2D eigenvalue weighted by molar-refractivity contribution is -0.137. The predicted octanol–water partition coefficient (Wildman–Crippen LogP) is 1.05. The fourth-order valence-corrected chi connectivity index (χ4v) is 0.593. The van der Waals surface area contributed by atoms with Crippen molar-refractivity contribution in [3.63, 3.8) is 0 Å². The van der Waals surface area contributed by atoms with Gasteiger partial charge in [0.2, 0.25) is 0 Å². The highest BCUT2D eigenvalue weighted by Crippen LogP contribution is 2.11. The van der Waals surface area contributed by atoms with Crippen LogP contribution in [-0.4, -0.2) is 12.6 Å². The molecule has 0 aromatic heterocycles. The van der Waals surface area contributed by atoms with Crippen molar-refractivity contribution >= 4 is 5.97 Å². The molecule has 1 heterocycles. The van der Waals surface area contributed by atoms with Crippen LogP contribution in [0.15, 0.2) is 23.8 Å². The van der Waals surface area contributed by atoms with Crippen molar-refractivity contribution in [3.8, 4) is 0 Å². The fraction of sp³-hybridized carbons (Fsp3) is 0.286. The van der Waals surface area contributed by atoms with E-state index < -0.39 is 0 Å². The molecule has 0 amide bonds. The summed E-state index contributed by atoms with van der Waals surface area (Å²) < 4.78 is 4.65. The Morgan fingerprint density at radius 1 is 1.78 bits per heavy atom. The topological polar surface area (TPSA) is 26.3 Å². The summed E-state index contributed by atoms with van der Waals surface area (Å²) in [6.07, 6.45) is 1.45. The van der Waals surface area contributed by atoms with Crippen LogP contribution in [-0.2, 0) is 9.53 Å². The summed E-state index contributed by atoms with van der Waals surface area (Å²) >= 11 is 0. The SMILES string of the molecule is C=C1COC(=O)C=C1C. The molecule has 0 spiro atoms. The Labute approximate surface area is 53.8 Å². The van der Waals surface area contributed by atoms with Crippen molar-refractivity contribution in [2.75, 3.05) is 6.61 Å². The summed E-state index contributed by atoms with van der Waals surface area (Å²) in [7, 11) is 0. The lowest BCUT2D eigenvalue weighted by Crippen LogP contribution is -2.11. The van der Waals surface area contributed by atoms with Crippen molar-refractivity contribution in [2.45, 2.75) is 6.92 Å². The highest BCUT2D eigenvalue weighted by Gasteiger charge is 2.09. The van der Waals surface area contributed by atoms with Crippen LogP contribution in [0.3, 0.4) is 0 Å². The van der Waals surface area contributed by atoms with E-state index in [9.17, 15) is 4.79 Å². The molecule has 0 unspecified atom stereocenters. The highest BCUT2D eigenvalue weighted by atomic mass is 16.5. The van der Waals surface area contributed by atoms with Crippen LogP contribution in [0.1, 0.15) is 6.92 Å². The third-order valence-electron chi connectivity index (χ3n) is 1.28. The number of hydrogen-bond donors (Lipinski definition) is 0. The van der Waals surface area contributed by atoms with Crippen LogP contribution in [0.25, 0.3) is 0 Å². The Kier molecular flexibility index (Phi) is 1.39. The Balaban J connectivity index is 2.84. The molecule has 0 N–H and O–H groups in total. The van der Waals surface area contributed by atoms with E-state index in [2.05, 4.69) is 11.3 Å². The molecule has 0 bridgehead atoms. The molecule has 9 heavy (non-hydrogen) atoms. The van der Waals surface area contributed by atoms with Crippen LogP contribution >= 0.6 is 0 Å². The molecule has 1 rings (SSSR count). The summed E-state index contributed by atoms with van der Waals surface area (Å²) in [5.74, 6) is -0.264. The van der Waals surface area contributed by atoms with Gasteiger partial charge in [-0.05, 0) is 18.1 Å². The molecule has 0 aliphatic carbocycles. The maximum atomic E-state index is 10.5. The molecule has 0 fully saturated rings. The summed E-state index contributed by atoms with van der Waals surface area (Å²) in [6.45, 7) is 5.88. The molecule has 2 heteroatoms. The average molecular weight is 124 g/mol. The number of ether oxygens (including phenoxy) is 1. The molecule has 0 aromatic carbocycles. The lowest BCUT2D eigenvalue weighted by atomic mass is 10.1. The minimum Gasteiger partial charge on any atom is -0.458 e. The van der Waals surface area contributed by atoms with Gasteiger partial charge in [0.05, 0.1) is 0 Å². The van der Waals surface area contributed by atoms with E-state index in [1.807, 2.05) is 6.92 Å². The first-order valence-electron chi connectivity index (χ1n) is 2.73. The van der Waals surface area contributed by atoms with Crippen LogP contribution in [0.2, 0.25) is 0 Å². The monoisotopic (exact) mass is 124 g/mol. The maximum absolute atomic E-state index is 10.5. The van der Waals surface area contributed by atoms with Gasteiger partial charge in [0.1, 0.15) is 6.61 Å². The van der Waals surface area contributed by atoms with Crippen LogP contribution in [0, 0.1) is 0 Å². The van der Waals surface area contributed by atoms with Gasteiger partial charge in [0.25, 0.3) is 0 Å². The molecule has 2 nitrogen and oxygen atoms in total. The van der Waals surface area contributed by atoms with Crippen molar-refractivity contribution < 1.29 is 9.53 Å². The Morgan fingerprint density at radius 2 is 2.44 bits per heavy atom. The van der Waals surface area contributed by atoms with Crippen LogP contribution in [0.5, 0.6) is 0 Å². The molecular weight excluding hydrogens is 116 g/mol. The number of esters is 1. The zero-order valence-corrected chi connectivity index (χ0v) is 5.31. The summed E-state index contributed by atoms with van der Waals surface area (Å²) in [4.78, 5) is 10.5. The summed E-state index contributed by atoms with van der Waals surface area (Å²) in [5.41, 5.74) is 1.81. The minimum absolute atomic E-state index is 0.264. The molecule has 0 radical (unpaired) electrons. The van der Waals surface area contributed by atoms with Gasteiger partial charge in [0.15, 0.2) is 0 Å². The second-order valence-corrected chi connectivity index (χ2v) is 2.04. The second kappa shape index (κ2) is 2.05. The molecule has 0 atom stereocenters. The Hall–Kier alpha value is -1.05. The predicted molar refractivity (Wildman–Crippen MR) is 33.9 cm³/mol. The smallest absolute Gasteiger partial charge is 0.331 e. The second-order valence-electron chi connectivity index (χ2n) is 2.04. The zero-order chi connectivity index (χ0) is 6.85. The van der Waals surface area contributed by atoms with E-state index in [-0.39, 0.29) is 5.97 Å². The van der Waals surface area contributed by atoms with Crippen LogP contribution < -0.4 is 0 Å². The van der Waals surface area contributed by atoms with Gasteiger partial charge in [-0.25, -0.2) is 4.79 Å². The molecule has 1 aliphatic rings. The van der Waals surface area contributed by atoms with E-state index in [0.717, 1.165) is 11.1 Å². The zero-order valence-electron chi connectivity index (χ0n) is 5.31. The summed E-state index contributed by atoms with van der Waals surface area (Å²) in [6, 6.07) is 0. The van der Waals surface area contributed by atoms with Gasteiger partial charge in [-0.15, -0.1) is 0 Å². The van der Waals surface area contributed by atoms with Gasteiger partial charge in [-0.3, -0.25) is 0 Å². The molecule has 48 valence electrons. The lowest BCUT2D eigenvalue weighted by Gasteiger charge is -2.11. The van der Waals surface area contributed by atoms with Crippen molar-refractivity contribution in [2.24, 2.45) is 0 Å². The largest absolute Gasteiger partial charge is 0.458 e. The van der Waals surface area contributed by atoms with Crippen molar-refractivity contribution in [3.05, 3.63) is 23.8 Å². The van der Waals surface area contributed by atoms with Gasteiger partial charge in [0, 0.05) is 6.08 Å². The quantitative estimate of drug-likeness (QED) is 0.451. The maximum Gasteiger partial charge on any atom is 0.331 e. The van der Waals surface area contributed by atoms with E-state index >= 15 is 0 Å². The average Bonchev–Trinajstić information content (AvgIpc) is 1.80. The molecule has 0 aromatic rings. The number of rotatable bonds is 0. The van der Waals surface area contributed by atoms with E-state index in [1.54, 1.807) is 0 Å². The van der Waals surface area contributed by atoms with Gasteiger partial charge < -0.3 is 4.74 Å². The molecule has 0 saturated carbocycles. The number of carbonyl (C=O) groups excluding carboxylic acids is 1. The molecule has 0 saturated heterocycles. The Bertz CT molecular complexity index is 189. The standard InChI is InChI=1S/C7H8O2/c1-5-3-7(8)9-4-6(5)2/h3H,2,4H2,1H3. The van der Waals surface area contributed by atoms with Gasteiger partial charge in [-0.2, -0.15) is 0 Å².